The molecule has 78 valence electrons. The first kappa shape index (κ1) is 12.7. The number of nitrogens with two attached hydrogens (primary N) is 1. The van der Waals surface area contributed by atoms with E-state index in [9.17, 15) is 4.79 Å². The van der Waals surface area contributed by atoms with Crippen LogP contribution in [0.5, 0.6) is 0 Å². The van der Waals surface area contributed by atoms with E-state index in [0.717, 1.165) is 12.8 Å². The van der Waals surface area contributed by atoms with Crippen LogP contribution in [-0.2, 0) is 9.53 Å². The number of hydrogen-bond donors (Lipinski definition) is 2. The van der Waals surface area contributed by atoms with Crippen LogP contribution in [0.15, 0.2) is 0 Å². The average molecular weight is 209 g/mol. The quantitative estimate of drug-likeness (QED) is 0.689. The van der Waals surface area contributed by atoms with Gasteiger partial charge in [-0.2, -0.15) is 0 Å². The number of nitrogens with one attached hydrogen (secondary N) is 1. The van der Waals surface area contributed by atoms with Gasteiger partial charge in [0.05, 0.1) is 0 Å². The molecule has 3 N–H and O–H groups in total. The summed E-state index contributed by atoms with van der Waals surface area (Å²) in [5, 5.41) is 2.78. The Bertz CT molecular complexity index is 160. The third-order valence-corrected chi connectivity index (χ3v) is 1.96. The summed E-state index contributed by atoms with van der Waals surface area (Å²) in [7, 11) is 0. The summed E-state index contributed by atoms with van der Waals surface area (Å²) in [6.45, 7) is 3.06. The van der Waals surface area contributed by atoms with E-state index in [2.05, 4.69) is 5.32 Å². The largest absolute Gasteiger partial charge is 0.368 e. The Morgan fingerprint density at radius 1 is 1.77 bits per heavy atom. The maximum atomic E-state index is 11.3. The second-order valence-corrected chi connectivity index (χ2v) is 3.15. The van der Waals surface area contributed by atoms with Gasteiger partial charge >= 0.3 is 0 Å². The summed E-state index contributed by atoms with van der Waals surface area (Å²) in [6.07, 6.45) is 1.58. The smallest absolute Gasteiger partial charge is 0.249 e. The van der Waals surface area contributed by atoms with Crippen LogP contribution in [0, 0.1) is 0 Å². The fourth-order valence-corrected chi connectivity index (χ4v) is 1.18. The third-order valence-electron chi connectivity index (χ3n) is 1.96. The molecule has 13 heavy (non-hydrogen) atoms. The van der Waals surface area contributed by atoms with Crippen molar-refractivity contribution in [2.45, 2.75) is 31.9 Å². The second-order valence-electron chi connectivity index (χ2n) is 3.15. The van der Waals surface area contributed by atoms with Gasteiger partial charge in [0, 0.05) is 19.2 Å². The zero-order valence-electron chi connectivity index (χ0n) is 7.79. The monoisotopic (exact) mass is 208 g/mol. The average Bonchev–Trinajstić information content (AvgIpc) is 2.56. The first-order chi connectivity index (χ1) is 5.74. The molecule has 1 heterocycles. The Kier molecular flexibility index (Phi) is 6.03. The van der Waals surface area contributed by atoms with Gasteiger partial charge in [0.2, 0.25) is 5.91 Å². The Labute approximate surface area is 84.6 Å². The Morgan fingerprint density at radius 2 is 2.46 bits per heavy atom. The van der Waals surface area contributed by atoms with Crippen LogP contribution in [-0.4, -0.2) is 31.2 Å². The zero-order valence-corrected chi connectivity index (χ0v) is 8.60. The van der Waals surface area contributed by atoms with E-state index in [-0.39, 0.29) is 30.5 Å². The fourth-order valence-electron chi connectivity index (χ4n) is 1.18. The highest BCUT2D eigenvalue weighted by atomic mass is 35.5. The van der Waals surface area contributed by atoms with E-state index in [1.54, 1.807) is 0 Å². The van der Waals surface area contributed by atoms with Gasteiger partial charge in [-0.25, -0.2) is 0 Å². The number of carbonyl (C=O) groups is 1. The van der Waals surface area contributed by atoms with Crippen LogP contribution >= 0.6 is 12.4 Å². The van der Waals surface area contributed by atoms with Crippen LogP contribution < -0.4 is 11.1 Å². The molecule has 1 amide bonds. The van der Waals surface area contributed by atoms with Crippen LogP contribution in [0.2, 0.25) is 0 Å². The molecule has 0 aromatic heterocycles. The zero-order chi connectivity index (χ0) is 8.97. The number of ether oxygens (including phenoxy) is 1. The maximum Gasteiger partial charge on any atom is 0.249 e. The first-order valence-corrected chi connectivity index (χ1v) is 4.36. The standard InChI is InChI=1S/C8H16N2O2.ClH/c1-6(5-9)10-8(11)7-3-2-4-12-7;/h6-7H,2-5,9H2,1H3,(H,10,11);1H/t6-,7?;/m0./s1. The van der Waals surface area contributed by atoms with Gasteiger partial charge in [0.1, 0.15) is 6.10 Å². The molecule has 1 fully saturated rings. The molecule has 4 nitrogen and oxygen atoms in total. The van der Waals surface area contributed by atoms with Gasteiger partial charge in [-0.05, 0) is 19.8 Å². The summed E-state index contributed by atoms with van der Waals surface area (Å²) in [4.78, 5) is 11.3. The third kappa shape index (κ3) is 3.93. The minimum atomic E-state index is -0.237. The van der Waals surface area contributed by atoms with Gasteiger partial charge < -0.3 is 15.8 Å². The Balaban J connectivity index is 0.00000144. The molecule has 1 aliphatic rings. The lowest BCUT2D eigenvalue weighted by Crippen LogP contribution is -2.43. The lowest BCUT2D eigenvalue weighted by atomic mass is 10.2. The van der Waals surface area contributed by atoms with E-state index >= 15 is 0 Å². The molecule has 0 aliphatic carbocycles. The summed E-state index contributed by atoms with van der Waals surface area (Å²) < 4.78 is 5.21. The predicted octanol–water partition coefficient (Wildman–Crippen LogP) is 0.0506. The molecule has 0 saturated carbocycles. The Morgan fingerprint density at radius 3 is 2.92 bits per heavy atom. The predicted molar refractivity (Wildman–Crippen MR) is 52.9 cm³/mol. The minimum absolute atomic E-state index is 0. The van der Waals surface area contributed by atoms with Gasteiger partial charge in [-0.15, -0.1) is 12.4 Å². The number of rotatable bonds is 3. The summed E-state index contributed by atoms with van der Waals surface area (Å²) in [5.74, 6) is -0.0227. The van der Waals surface area contributed by atoms with E-state index in [1.165, 1.54) is 0 Å². The van der Waals surface area contributed by atoms with Crippen molar-refractivity contribution in [3.8, 4) is 0 Å². The van der Waals surface area contributed by atoms with Crippen LogP contribution in [0.1, 0.15) is 19.8 Å². The molecule has 0 aromatic rings. The summed E-state index contributed by atoms with van der Waals surface area (Å²) >= 11 is 0. The van der Waals surface area contributed by atoms with Gasteiger partial charge in [0.25, 0.3) is 0 Å². The lowest BCUT2D eigenvalue weighted by molar-refractivity contribution is -0.130. The van der Waals surface area contributed by atoms with Crippen molar-refractivity contribution in [1.29, 1.82) is 0 Å². The molecule has 1 unspecified atom stereocenters. The molecule has 2 atom stereocenters. The number of carbonyl (C=O) groups excluding carboxylic acids is 1. The van der Waals surface area contributed by atoms with E-state index in [1.807, 2.05) is 6.92 Å². The van der Waals surface area contributed by atoms with E-state index in [0.29, 0.717) is 13.2 Å². The molecule has 1 aliphatic heterocycles. The Hall–Kier alpha value is -0.320. The van der Waals surface area contributed by atoms with Crippen molar-refractivity contribution < 1.29 is 9.53 Å². The second kappa shape index (κ2) is 6.18. The molecule has 0 bridgehead atoms. The van der Waals surface area contributed by atoms with E-state index < -0.39 is 0 Å². The van der Waals surface area contributed by atoms with Crippen molar-refractivity contribution in [3.05, 3.63) is 0 Å². The molecule has 5 heteroatoms. The van der Waals surface area contributed by atoms with Crippen molar-refractivity contribution in [1.82, 2.24) is 5.32 Å². The van der Waals surface area contributed by atoms with Gasteiger partial charge in [-0.3, -0.25) is 4.79 Å². The highest BCUT2D eigenvalue weighted by molar-refractivity contribution is 5.85. The van der Waals surface area contributed by atoms with Crippen molar-refractivity contribution in [2.24, 2.45) is 5.73 Å². The fraction of sp³-hybridized carbons (Fsp3) is 0.875. The van der Waals surface area contributed by atoms with Gasteiger partial charge in [0.15, 0.2) is 0 Å². The molecule has 0 spiro atoms. The molecular weight excluding hydrogens is 192 g/mol. The number of amides is 1. The SMILES string of the molecule is C[C@@H](CN)NC(=O)C1CCCO1.Cl. The minimum Gasteiger partial charge on any atom is -0.368 e. The molecule has 0 aromatic carbocycles. The van der Waals surface area contributed by atoms with Gasteiger partial charge in [-0.1, -0.05) is 0 Å². The highest BCUT2D eigenvalue weighted by Crippen LogP contribution is 2.11. The number of hydrogen-bond acceptors (Lipinski definition) is 3. The molecule has 1 rings (SSSR count). The van der Waals surface area contributed by atoms with Crippen LogP contribution in [0.3, 0.4) is 0 Å². The topological polar surface area (TPSA) is 64.3 Å². The normalized spacial score (nSPS) is 23.4. The van der Waals surface area contributed by atoms with Crippen molar-refractivity contribution >= 4 is 18.3 Å². The highest BCUT2D eigenvalue weighted by Gasteiger charge is 2.23. The number of halogens is 1. The van der Waals surface area contributed by atoms with Crippen LogP contribution in [0.4, 0.5) is 0 Å². The van der Waals surface area contributed by atoms with E-state index in [4.69, 9.17) is 10.5 Å². The van der Waals surface area contributed by atoms with Crippen molar-refractivity contribution in [3.63, 3.8) is 0 Å². The first-order valence-electron chi connectivity index (χ1n) is 4.36. The van der Waals surface area contributed by atoms with Crippen molar-refractivity contribution in [2.75, 3.05) is 13.2 Å². The van der Waals surface area contributed by atoms with Crippen LogP contribution in [0.25, 0.3) is 0 Å². The lowest BCUT2D eigenvalue weighted by Gasteiger charge is -2.14. The molecule has 0 radical (unpaired) electrons. The maximum absolute atomic E-state index is 11.3. The summed E-state index contributed by atoms with van der Waals surface area (Å²) in [6, 6.07) is 0.0432. The summed E-state index contributed by atoms with van der Waals surface area (Å²) in [5.41, 5.74) is 5.36. The molecule has 1 saturated heterocycles. The molecular formula is C8H17ClN2O2.